The van der Waals surface area contributed by atoms with E-state index in [0.29, 0.717) is 13.0 Å². The highest BCUT2D eigenvalue weighted by molar-refractivity contribution is 5.91. The van der Waals surface area contributed by atoms with Crippen molar-refractivity contribution in [1.82, 2.24) is 10.2 Å². The zero-order valence-corrected chi connectivity index (χ0v) is 14.6. The van der Waals surface area contributed by atoms with Gasteiger partial charge in [0.2, 0.25) is 5.91 Å². The van der Waals surface area contributed by atoms with Gasteiger partial charge in [0.25, 0.3) is 0 Å². The first-order chi connectivity index (χ1) is 11.7. The van der Waals surface area contributed by atoms with Gasteiger partial charge in [0.1, 0.15) is 0 Å². The Labute approximate surface area is 144 Å². The molecule has 5 nitrogen and oxygen atoms in total. The lowest BCUT2D eigenvalue weighted by atomic mass is 10.00. The Bertz CT molecular complexity index is 526. The van der Waals surface area contributed by atoms with Crippen molar-refractivity contribution in [1.29, 1.82) is 0 Å². The Balaban J connectivity index is 1.46. The number of ether oxygens (including phenoxy) is 1. The van der Waals surface area contributed by atoms with Gasteiger partial charge in [-0.1, -0.05) is 19.1 Å². The van der Waals surface area contributed by atoms with Crippen molar-refractivity contribution in [2.24, 2.45) is 5.92 Å². The summed E-state index contributed by atoms with van der Waals surface area (Å²) in [6.07, 6.45) is 3.10. The van der Waals surface area contributed by atoms with Crippen molar-refractivity contribution in [2.75, 3.05) is 38.2 Å². The predicted molar refractivity (Wildman–Crippen MR) is 96.0 cm³/mol. The maximum absolute atomic E-state index is 12.1. The average Bonchev–Trinajstić information content (AvgIpc) is 2.57. The first-order valence-electron chi connectivity index (χ1n) is 9.11. The molecular weight excluding hydrogens is 302 g/mol. The highest BCUT2D eigenvalue weighted by atomic mass is 16.5. The molecule has 0 bridgehead atoms. The zero-order valence-electron chi connectivity index (χ0n) is 14.6. The number of rotatable bonds is 5. The van der Waals surface area contributed by atoms with Crippen molar-refractivity contribution < 1.29 is 9.53 Å². The van der Waals surface area contributed by atoms with E-state index in [1.165, 1.54) is 31.5 Å². The van der Waals surface area contributed by atoms with Crippen molar-refractivity contribution in [3.63, 3.8) is 0 Å². The van der Waals surface area contributed by atoms with Crippen molar-refractivity contribution in [3.8, 4) is 0 Å². The molecule has 1 amide bonds. The molecule has 2 N–H and O–H groups in total. The molecule has 0 spiro atoms. The van der Waals surface area contributed by atoms with E-state index in [-0.39, 0.29) is 11.9 Å². The molecule has 2 fully saturated rings. The van der Waals surface area contributed by atoms with Crippen LogP contribution in [-0.2, 0) is 16.1 Å². The van der Waals surface area contributed by atoms with Crippen LogP contribution in [0.2, 0.25) is 0 Å². The highest BCUT2D eigenvalue weighted by Gasteiger charge is 2.18. The minimum Gasteiger partial charge on any atom is -0.378 e. The summed E-state index contributed by atoms with van der Waals surface area (Å²) in [6, 6.07) is 8.38. The van der Waals surface area contributed by atoms with E-state index in [2.05, 4.69) is 34.6 Å². The van der Waals surface area contributed by atoms with Gasteiger partial charge in [-0.3, -0.25) is 9.69 Å². The molecule has 0 radical (unpaired) electrons. The van der Waals surface area contributed by atoms with Crippen LogP contribution in [0, 0.1) is 5.92 Å². The molecule has 0 saturated carbocycles. The number of morpholine rings is 1. The third-order valence-corrected chi connectivity index (χ3v) is 4.82. The minimum atomic E-state index is 0.0376. The molecule has 2 heterocycles. The van der Waals surface area contributed by atoms with Crippen LogP contribution in [0.25, 0.3) is 0 Å². The number of anilines is 1. The van der Waals surface area contributed by atoms with Crippen LogP contribution in [0.15, 0.2) is 24.3 Å². The molecule has 2 aliphatic heterocycles. The Kier molecular flexibility index (Phi) is 6.24. The molecule has 2 unspecified atom stereocenters. The Morgan fingerprint density at radius 1 is 1.38 bits per heavy atom. The van der Waals surface area contributed by atoms with Crippen LogP contribution in [0.3, 0.4) is 0 Å². The quantitative estimate of drug-likeness (QED) is 0.869. The lowest BCUT2D eigenvalue weighted by molar-refractivity contribution is -0.117. The average molecular weight is 331 g/mol. The van der Waals surface area contributed by atoms with Crippen molar-refractivity contribution in [2.45, 2.75) is 38.8 Å². The zero-order chi connectivity index (χ0) is 16.8. The van der Waals surface area contributed by atoms with Gasteiger partial charge in [-0.25, -0.2) is 0 Å². The second-order valence-corrected chi connectivity index (χ2v) is 7.16. The van der Waals surface area contributed by atoms with Gasteiger partial charge in [-0.15, -0.1) is 0 Å². The molecule has 24 heavy (non-hydrogen) atoms. The molecule has 1 aromatic carbocycles. The molecule has 2 saturated heterocycles. The van der Waals surface area contributed by atoms with E-state index < -0.39 is 0 Å². The molecule has 3 rings (SSSR count). The molecule has 1 aromatic rings. The predicted octanol–water partition coefficient (Wildman–Crippen LogP) is 2.24. The SMILES string of the molecule is CC1CCCN(Cc2ccc(NC(=O)CC3COCCN3)cc2)C1. The normalized spacial score (nSPS) is 25.4. The molecule has 2 aliphatic rings. The Morgan fingerprint density at radius 2 is 2.21 bits per heavy atom. The van der Waals surface area contributed by atoms with Crippen molar-refractivity contribution >= 4 is 11.6 Å². The lowest BCUT2D eigenvalue weighted by Gasteiger charge is -2.30. The van der Waals surface area contributed by atoms with Gasteiger partial charge in [-0.2, -0.15) is 0 Å². The number of piperidine rings is 1. The van der Waals surface area contributed by atoms with Crippen LogP contribution in [0.5, 0.6) is 0 Å². The number of hydrogen-bond donors (Lipinski definition) is 2. The van der Waals surface area contributed by atoms with E-state index in [9.17, 15) is 4.79 Å². The number of likely N-dealkylation sites (tertiary alicyclic amines) is 1. The molecule has 2 atom stereocenters. The van der Waals surface area contributed by atoms with E-state index in [1.807, 2.05) is 12.1 Å². The number of hydrogen-bond acceptors (Lipinski definition) is 4. The fourth-order valence-electron chi connectivity index (χ4n) is 3.57. The third-order valence-electron chi connectivity index (χ3n) is 4.82. The van der Waals surface area contributed by atoms with E-state index in [4.69, 9.17) is 4.74 Å². The van der Waals surface area contributed by atoms with Gasteiger partial charge in [0, 0.05) is 37.8 Å². The summed E-state index contributed by atoms with van der Waals surface area (Å²) in [4.78, 5) is 14.6. The molecule has 132 valence electrons. The van der Waals surface area contributed by atoms with E-state index in [0.717, 1.165) is 31.3 Å². The van der Waals surface area contributed by atoms with Crippen LogP contribution < -0.4 is 10.6 Å². The summed E-state index contributed by atoms with van der Waals surface area (Å²) in [5.74, 6) is 0.838. The van der Waals surface area contributed by atoms with Crippen LogP contribution in [0.4, 0.5) is 5.69 Å². The number of amides is 1. The Hall–Kier alpha value is -1.43. The maximum atomic E-state index is 12.1. The minimum absolute atomic E-state index is 0.0376. The number of nitrogens with zero attached hydrogens (tertiary/aromatic N) is 1. The lowest BCUT2D eigenvalue weighted by Crippen LogP contribution is -2.43. The van der Waals surface area contributed by atoms with Gasteiger partial charge in [0.15, 0.2) is 0 Å². The monoisotopic (exact) mass is 331 g/mol. The summed E-state index contributed by atoms with van der Waals surface area (Å²) in [6.45, 7) is 7.88. The maximum Gasteiger partial charge on any atom is 0.226 e. The largest absolute Gasteiger partial charge is 0.378 e. The van der Waals surface area contributed by atoms with Gasteiger partial charge in [0.05, 0.1) is 13.2 Å². The summed E-state index contributed by atoms with van der Waals surface area (Å²) in [7, 11) is 0. The van der Waals surface area contributed by atoms with E-state index in [1.54, 1.807) is 0 Å². The van der Waals surface area contributed by atoms with Crippen molar-refractivity contribution in [3.05, 3.63) is 29.8 Å². The molecule has 0 aromatic heterocycles. The number of carbonyl (C=O) groups is 1. The van der Waals surface area contributed by atoms with Gasteiger partial charge < -0.3 is 15.4 Å². The van der Waals surface area contributed by atoms with Crippen LogP contribution >= 0.6 is 0 Å². The fourth-order valence-corrected chi connectivity index (χ4v) is 3.57. The smallest absolute Gasteiger partial charge is 0.226 e. The molecule has 0 aliphatic carbocycles. The number of nitrogens with one attached hydrogen (secondary N) is 2. The first kappa shape index (κ1) is 17.4. The van der Waals surface area contributed by atoms with Crippen LogP contribution in [-0.4, -0.2) is 49.7 Å². The fraction of sp³-hybridized carbons (Fsp3) is 0.632. The highest BCUT2D eigenvalue weighted by Crippen LogP contribution is 2.19. The Morgan fingerprint density at radius 3 is 2.92 bits per heavy atom. The second kappa shape index (κ2) is 8.60. The molecular formula is C19H29N3O2. The van der Waals surface area contributed by atoms with Crippen LogP contribution in [0.1, 0.15) is 31.7 Å². The second-order valence-electron chi connectivity index (χ2n) is 7.16. The number of carbonyl (C=O) groups excluding carboxylic acids is 1. The first-order valence-corrected chi connectivity index (χ1v) is 9.11. The van der Waals surface area contributed by atoms with Gasteiger partial charge >= 0.3 is 0 Å². The summed E-state index contributed by atoms with van der Waals surface area (Å²) in [5.41, 5.74) is 2.18. The molecule has 5 heteroatoms. The summed E-state index contributed by atoms with van der Waals surface area (Å²) >= 11 is 0. The summed E-state index contributed by atoms with van der Waals surface area (Å²) in [5, 5.41) is 6.28. The third kappa shape index (κ3) is 5.30. The topological polar surface area (TPSA) is 53.6 Å². The van der Waals surface area contributed by atoms with E-state index >= 15 is 0 Å². The number of benzene rings is 1. The standard InChI is InChI=1S/C19H29N3O2/c1-15-3-2-9-22(12-15)13-16-4-6-17(7-5-16)21-19(23)11-18-14-24-10-8-20-18/h4-7,15,18,20H,2-3,8-14H2,1H3,(H,21,23). The van der Waals surface area contributed by atoms with Gasteiger partial charge in [-0.05, 0) is 43.0 Å². The summed E-state index contributed by atoms with van der Waals surface area (Å²) < 4.78 is 5.38.